The van der Waals surface area contributed by atoms with Gasteiger partial charge in [0.1, 0.15) is 0 Å². The van der Waals surface area contributed by atoms with Crippen LogP contribution in [-0.4, -0.2) is 11.0 Å². The molecule has 0 spiro atoms. The molecule has 1 fully saturated rings. The Morgan fingerprint density at radius 3 is 2.59 bits per heavy atom. The molecule has 1 aromatic carbocycles. The summed E-state index contributed by atoms with van der Waals surface area (Å²) in [5.41, 5.74) is 8.70. The third kappa shape index (κ3) is 2.92. The minimum Gasteiger partial charge on any atom is -0.326 e. The number of nitrogens with zero attached hydrogens (tertiary/aromatic N) is 1. The normalized spacial score (nSPS) is 26.5. The van der Waals surface area contributed by atoms with E-state index in [-0.39, 0.29) is 17.6 Å². The molecule has 1 heterocycles. The molecule has 116 valence electrons. The van der Waals surface area contributed by atoms with Crippen molar-refractivity contribution in [2.45, 2.75) is 50.2 Å². The van der Waals surface area contributed by atoms with Crippen molar-refractivity contribution in [1.29, 1.82) is 0 Å². The van der Waals surface area contributed by atoms with Crippen molar-refractivity contribution in [2.24, 2.45) is 5.73 Å². The molecule has 2 aromatic rings. The van der Waals surface area contributed by atoms with Crippen molar-refractivity contribution < 1.29 is 0 Å². The molecular weight excluding hydrogens is 270 g/mol. The quantitative estimate of drug-likeness (QED) is 0.907. The number of nitrogens with two attached hydrogens (primary N) is 1. The lowest BCUT2D eigenvalue weighted by molar-refractivity contribution is 0.174. The molecule has 3 N–H and O–H groups in total. The summed E-state index contributed by atoms with van der Waals surface area (Å²) < 4.78 is 0. The molecule has 1 aromatic heterocycles. The second kappa shape index (κ2) is 6.59. The fourth-order valence-electron chi connectivity index (χ4n) is 3.61. The second-order valence-electron chi connectivity index (χ2n) is 6.32. The minimum atomic E-state index is -0.227. The van der Waals surface area contributed by atoms with E-state index in [2.05, 4.69) is 59.7 Å². The highest BCUT2D eigenvalue weighted by Gasteiger charge is 2.42. The monoisotopic (exact) mass is 295 g/mol. The third-order valence-corrected chi connectivity index (χ3v) is 4.86. The number of benzene rings is 1. The molecular formula is C19H25N3. The highest BCUT2D eigenvalue weighted by atomic mass is 15.1. The first kappa shape index (κ1) is 15.2. The van der Waals surface area contributed by atoms with E-state index in [0.717, 1.165) is 18.5 Å². The summed E-state index contributed by atoms with van der Waals surface area (Å²) in [6.07, 6.45) is 6.36. The van der Waals surface area contributed by atoms with Crippen LogP contribution in [0.4, 0.5) is 0 Å². The Labute approximate surface area is 133 Å². The van der Waals surface area contributed by atoms with E-state index in [1.807, 2.05) is 12.3 Å². The molecule has 3 nitrogen and oxygen atoms in total. The first-order chi connectivity index (χ1) is 10.7. The zero-order valence-electron chi connectivity index (χ0n) is 13.2. The van der Waals surface area contributed by atoms with Gasteiger partial charge in [0.05, 0.1) is 11.2 Å². The van der Waals surface area contributed by atoms with Crippen molar-refractivity contribution in [2.75, 3.05) is 0 Å². The Morgan fingerprint density at radius 2 is 1.91 bits per heavy atom. The van der Waals surface area contributed by atoms with E-state index in [0.29, 0.717) is 0 Å². The first-order valence-electron chi connectivity index (χ1n) is 8.22. The van der Waals surface area contributed by atoms with Crippen LogP contribution in [0.1, 0.15) is 49.9 Å². The Morgan fingerprint density at radius 1 is 1.14 bits per heavy atom. The van der Waals surface area contributed by atoms with Gasteiger partial charge in [-0.1, -0.05) is 49.2 Å². The van der Waals surface area contributed by atoms with Crippen LogP contribution in [0.25, 0.3) is 0 Å². The highest BCUT2D eigenvalue weighted by molar-refractivity contribution is 5.24. The predicted octanol–water partition coefficient (Wildman–Crippen LogP) is 3.53. The lowest BCUT2D eigenvalue weighted by atomic mass is 9.74. The maximum absolute atomic E-state index is 6.57. The average Bonchev–Trinajstić information content (AvgIpc) is 2.58. The largest absolute Gasteiger partial charge is 0.326 e. The molecule has 3 atom stereocenters. The molecule has 0 aliphatic heterocycles. The molecule has 1 aliphatic rings. The Bertz CT molecular complexity index is 584. The van der Waals surface area contributed by atoms with Crippen LogP contribution in [0.15, 0.2) is 54.7 Å². The van der Waals surface area contributed by atoms with Crippen LogP contribution < -0.4 is 11.1 Å². The highest BCUT2D eigenvalue weighted by Crippen LogP contribution is 2.37. The van der Waals surface area contributed by atoms with Crippen molar-refractivity contribution in [3.8, 4) is 0 Å². The molecule has 0 bridgehead atoms. The van der Waals surface area contributed by atoms with Gasteiger partial charge in [-0.25, -0.2) is 0 Å². The maximum atomic E-state index is 6.57. The SMILES string of the molecule is C[C@H](NC1(c2ccccn2)CCCCC1N)c1ccccc1. The van der Waals surface area contributed by atoms with Crippen molar-refractivity contribution in [3.05, 3.63) is 66.0 Å². The summed E-state index contributed by atoms with van der Waals surface area (Å²) >= 11 is 0. The third-order valence-electron chi connectivity index (χ3n) is 4.86. The number of pyridine rings is 1. The predicted molar refractivity (Wildman–Crippen MR) is 90.4 cm³/mol. The summed E-state index contributed by atoms with van der Waals surface area (Å²) in [4.78, 5) is 4.63. The van der Waals surface area contributed by atoms with E-state index in [4.69, 9.17) is 5.73 Å². The van der Waals surface area contributed by atoms with E-state index >= 15 is 0 Å². The summed E-state index contributed by atoms with van der Waals surface area (Å²) in [6.45, 7) is 2.21. The van der Waals surface area contributed by atoms with Crippen LogP contribution in [0.5, 0.6) is 0 Å². The molecule has 1 saturated carbocycles. The second-order valence-corrected chi connectivity index (χ2v) is 6.32. The van der Waals surface area contributed by atoms with Crippen LogP contribution >= 0.6 is 0 Å². The lowest BCUT2D eigenvalue weighted by Gasteiger charge is -2.44. The average molecular weight is 295 g/mol. The molecule has 0 radical (unpaired) electrons. The Balaban J connectivity index is 1.93. The van der Waals surface area contributed by atoms with Gasteiger partial charge in [-0.15, -0.1) is 0 Å². The van der Waals surface area contributed by atoms with Gasteiger partial charge in [-0.3, -0.25) is 10.3 Å². The molecule has 0 amide bonds. The summed E-state index contributed by atoms with van der Waals surface area (Å²) in [5.74, 6) is 0. The number of rotatable bonds is 4. The number of hydrogen-bond acceptors (Lipinski definition) is 3. The molecule has 22 heavy (non-hydrogen) atoms. The molecule has 2 unspecified atom stereocenters. The number of nitrogens with one attached hydrogen (secondary N) is 1. The van der Waals surface area contributed by atoms with Gasteiger partial charge in [-0.2, -0.15) is 0 Å². The summed E-state index contributed by atoms with van der Waals surface area (Å²) in [7, 11) is 0. The van der Waals surface area contributed by atoms with Crippen molar-refractivity contribution in [1.82, 2.24) is 10.3 Å². The standard InChI is InChI=1S/C19H25N3/c1-15(16-9-3-2-4-10-16)22-19(13-7-5-11-17(19)20)18-12-6-8-14-21-18/h2-4,6,8-10,12,14-15,17,22H,5,7,11,13,20H2,1H3/t15-,17?,19?/m0/s1. The first-order valence-corrected chi connectivity index (χ1v) is 8.22. The Hall–Kier alpha value is -1.71. The van der Waals surface area contributed by atoms with Crippen molar-refractivity contribution in [3.63, 3.8) is 0 Å². The number of hydrogen-bond donors (Lipinski definition) is 2. The van der Waals surface area contributed by atoms with Crippen LogP contribution in [-0.2, 0) is 5.54 Å². The molecule has 3 heteroatoms. The van der Waals surface area contributed by atoms with Crippen molar-refractivity contribution >= 4 is 0 Å². The fraction of sp³-hybridized carbons (Fsp3) is 0.421. The van der Waals surface area contributed by atoms with Crippen LogP contribution in [0, 0.1) is 0 Å². The van der Waals surface area contributed by atoms with E-state index in [1.54, 1.807) is 0 Å². The number of aromatic nitrogens is 1. The summed E-state index contributed by atoms with van der Waals surface area (Å²) in [6, 6.07) is 17.0. The Kier molecular flexibility index (Phi) is 4.55. The van der Waals surface area contributed by atoms with Gasteiger partial charge in [0.2, 0.25) is 0 Å². The topological polar surface area (TPSA) is 50.9 Å². The van der Waals surface area contributed by atoms with E-state index in [1.165, 1.54) is 18.4 Å². The molecule has 1 aliphatic carbocycles. The molecule has 3 rings (SSSR count). The zero-order chi connectivity index (χ0) is 15.4. The van der Waals surface area contributed by atoms with Crippen LogP contribution in [0.3, 0.4) is 0 Å². The van der Waals surface area contributed by atoms with Gasteiger partial charge >= 0.3 is 0 Å². The van der Waals surface area contributed by atoms with E-state index < -0.39 is 0 Å². The lowest BCUT2D eigenvalue weighted by Crippen LogP contribution is -2.58. The van der Waals surface area contributed by atoms with Gasteiger partial charge in [0.25, 0.3) is 0 Å². The van der Waals surface area contributed by atoms with Gasteiger partial charge in [-0.05, 0) is 37.5 Å². The minimum absolute atomic E-state index is 0.0994. The fourth-order valence-corrected chi connectivity index (χ4v) is 3.61. The summed E-state index contributed by atoms with van der Waals surface area (Å²) in [5, 5.41) is 3.83. The molecule has 0 saturated heterocycles. The van der Waals surface area contributed by atoms with Crippen LogP contribution in [0.2, 0.25) is 0 Å². The van der Waals surface area contributed by atoms with Gasteiger partial charge < -0.3 is 5.73 Å². The van der Waals surface area contributed by atoms with E-state index in [9.17, 15) is 0 Å². The zero-order valence-corrected chi connectivity index (χ0v) is 13.2. The van der Waals surface area contributed by atoms with Gasteiger partial charge in [0, 0.05) is 18.3 Å². The van der Waals surface area contributed by atoms with Gasteiger partial charge in [0.15, 0.2) is 0 Å². The smallest absolute Gasteiger partial charge is 0.0766 e. The maximum Gasteiger partial charge on any atom is 0.0766 e.